The minimum absolute atomic E-state index is 0.0345. The number of nitrogens with one attached hydrogen (secondary N) is 1. The summed E-state index contributed by atoms with van der Waals surface area (Å²) in [6.07, 6.45) is 0.803. The van der Waals surface area contributed by atoms with Crippen LogP contribution in [0.4, 0.5) is 0 Å². The second-order valence-electron chi connectivity index (χ2n) is 4.59. The fourth-order valence-electron chi connectivity index (χ4n) is 2.17. The van der Waals surface area contributed by atoms with Gasteiger partial charge in [0.2, 0.25) is 10.0 Å². The molecule has 112 valence electrons. The fraction of sp³-hybridized carbons (Fsp3) is 0.500. The predicted molar refractivity (Wildman–Crippen MR) is 81.9 cm³/mol. The smallest absolute Gasteiger partial charge is 0.244 e. The molecule has 1 aliphatic heterocycles. The Kier molecular flexibility index (Phi) is 4.96. The Morgan fingerprint density at radius 1 is 1.50 bits per heavy atom. The van der Waals surface area contributed by atoms with E-state index in [1.54, 1.807) is 13.1 Å². The zero-order valence-electron chi connectivity index (χ0n) is 11.2. The Labute approximate surface area is 132 Å². The first kappa shape index (κ1) is 16.0. The van der Waals surface area contributed by atoms with Gasteiger partial charge in [-0.3, -0.25) is 0 Å². The highest BCUT2D eigenvalue weighted by Crippen LogP contribution is 2.35. The molecule has 0 saturated carbocycles. The van der Waals surface area contributed by atoms with Gasteiger partial charge >= 0.3 is 0 Å². The van der Waals surface area contributed by atoms with Gasteiger partial charge in [-0.25, -0.2) is 8.42 Å². The zero-order valence-corrected chi connectivity index (χ0v) is 14.3. The van der Waals surface area contributed by atoms with Crippen LogP contribution in [0, 0.1) is 0 Å². The third-order valence-corrected chi connectivity index (χ3v) is 6.58. The molecular weight excluding hydrogens is 368 g/mol. The Hall–Kier alpha value is -0.340. The minimum atomic E-state index is -3.59. The summed E-state index contributed by atoms with van der Waals surface area (Å²) in [4.78, 5) is 0.151. The van der Waals surface area contributed by atoms with Crippen LogP contribution in [0.5, 0.6) is 5.75 Å². The summed E-state index contributed by atoms with van der Waals surface area (Å²) in [7, 11) is -0.515. The molecule has 0 aliphatic carbocycles. The average molecular weight is 384 g/mol. The van der Waals surface area contributed by atoms with Crippen molar-refractivity contribution in [3.63, 3.8) is 0 Å². The molecule has 0 amide bonds. The molecule has 1 saturated heterocycles. The van der Waals surface area contributed by atoms with Crippen molar-refractivity contribution >= 4 is 37.6 Å². The monoisotopic (exact) mass is 382 g/mol. The lowest BCUT2D eigenvalue weighted by molar-refractivity contribution is 0.387. The number of benzene rings is 1. The van der Waals surface area contributed by atoms with Crippen molar-refractivity contribution in [3.05, 3.63) is 21.6 Å². The molecular formula is C12H16BrClN2O3S. The van der Waals surface area contributed by atoms with Crippen LogP contribution in [0.2, 0.25) is 5.02 Å². The van der Waals surface area contributed by atoms with Gasteiger partial charge in [0.25, 0.3) is 0 Å². The summed E-state index contributed by atoms with van der Waals surface area (Å²) >= 11 is 9.31. The molecule has 0 spiro atoms. The number of sulfonamides is 1. The SMILES string of the molecule is COc1cc(Br)c(S(=O)(=O)N(C)C2CCNC2)cc1Cl. The number of hydrogen-bond donors (Lipinski definition) is 1. The number of ether oxygens (including phenoxy) is 1. The molecule has 0 aromatic heterocycles. The van der Waals surface area contributed by atoms with Gasteiger partial charge in [0.15, 0.2) is 0 Å². The van der Waals surface area contributed by atoms with Crippen LogP contribution >= 0.6 is 27.5 Å². The summed E-state index contributed by atoms with van der Waals surface area (Å²) in [5.74, 6) is 0.433. The van der Waals surface area contributed by atoms with E-state index in [0.717, 1.165) is 13.0 Å². The van der Waals surface area contributed by atoms with E-state index in [9.17, 15) is 8.42 Å². The summed E-state index contributed by atoms with van der Waals surface area (Å²) in [5.41, 5.74) is 0. The Morgan fingerprint density at radius 3 is 2.75 bits per heavy atom. The molecule has 1 fully saturated rings. The molecule has 5 nitrogen and oxygen atoms in total. The summed E-state index contributed by atoms with van der Waals surface area (Å²) in [6, 6.07) is 2.95. The van der Waals surface area contributed by atoms with Crippen LogP contribution in [-0.2, 0) is 10.0 Å². The normalized spacial score (nSPS) is 19.6. The highest BCUT2D eigenvalue weighted by atomic mass is 79.9. The molecule has 2 rings (SSSR count). The van der Waals surface area contributed by atoms with E-state index in [2.05, 4.69) is 21.2 Å². The van der Waals surface area contributed by atoms with Crippen molar-refractivity contribution in [2.45, 2.75) is 17.4 Å². The molecule has 0 bridgehead atoms. The standard InChI is InChI=1S/C12H16BrClN2O3S/c1-16(8-3-4-15-7-8)20(17,18)12-6-10(14)11(19-2)5-9(12)13/h5-6,8,15H,3-4,7H2,1-2H3. The van der Waals surface area contributed by atoms with E-state index in [4.69, 9.17) is 16.3 Å². The molecule has 1 aromatic rings. The number of hydrogen-bond acceptors (Lipinski definition) is 4. The zero-order chi connectivity index (χ0) is 14.9. The van der Waals surface area contributed by atoms with Crippen LogP contribution in [0.25, 0.3) is 0 Å². The fourth-order valence-corrected chi connectivity index (χ4v) is 4.86. The van der Waals surface area contributed by atoms with Gasteiger partial charge in [-0.05, 0) is 41.0 Å². The van der Waals surface area contributed by atoms with Crippen molar-refractivity contribution in [1.29, 1.82) is 0 Å². The van der Waals surface area contributed by atoms with E-state index >= 15 is 0 Å². The van der Waals surface area contributed by atoms with Crippen LogP contribution in [0.1, 0.15) is 6.42 Å². The largest absolute Gasteiger partial charge is 0.495 e. The quantitative estimate of drug-likeness (QED) is 0.865. The maximum atomic E-state index is 12.7. The third-order valence-electron chi connectivity index (χ3n) is 3.41. The summed E-state index contributed by atoms with van der Waals surface area (Å²) < 4.78 is 32.2. The van der Waals surface area contributed by atoms with E-state index in [0.29, 0.717) is 16.8 Å². The lowest BCUT2D eigenvalue weighted by atomic mass is 10.3. The van der Waals surface area contributed by atoms with Gasteiger partial charge in [0.05, 0.1) is 17.0 Å². The van der Waals surface area contributed by atoms with E-state index in [-0.39, 0.29) is 16.0 Å². The van der Waals surface area contributed by atoms with Crippen LogP contribution in [-0.4, -0.2) is 46.0 Å². The summed E-state index contributed by atoms with van der Waals surface area (Å²) in [6.45, 7) is 1.49. The van der Waals surface area contributed by atoms with Gasteiger partial charge in [0.1, 0.15) is 5.75 Å². The molecule has 1 aromatic carbocycles. The molecule has 1 heterocycles. The number of likely N-dealkylation sites (N-methyl/N-ethyl adjacent to an activating group) is 1. The number of halogens is 2. The van der Waals surface area contributed by atoms with Crippen molar-refractivity contribution in [1.82, 2.24) is 9.62 Å². The van der Waals surface area contributed by atoms with Gasteiger partial charge in [-0.15, -0.1) is 0 Å². The predicted octanol–water partition coefficient (Wildman–Crippen LogP) is 2.09. The number of methoxy groups -OCH3 is 1. The van der Waals surface area contributed by atoms with Gasteiger partial charge < -0.3 is 10.1 Å². The Morgan fingerprint density at radius 2 is 2.20 bits per heavy atom. The molecule has 1 aliphatic rings. The maximum Gasteiger partial charge on any atom is 0.244 e. The van der Waals surface area contributed by atoms with Crippen molar-refractivity contribution in [2.75, 3.05) is 27.2 Å². The lowest BCUT2D eigenvalue weighted by Crippen LogP contribution is -2.38. The van der Waals surface area contributed by atoms with Gasteiger partial charge in [-0.2, -0.15) is 4.31 Å². The molecule has 20 heavy (non-hydrogen) atoms. The number of rotatable bonds is 4. The van der Waals surface area contributed by atoms with Crippen molar-refractivity contribution in [3.8, 4) is 5.75 Å². The minimum Gasteiger partial charge on any atom is -0.495 e. The topological polar surface area (TPSA) is 58.6 Å². The van der Waals surface area contributed by atoms with E-state index in [1.807, 2.05) is 0 Å². The van der Waals surface area contributed by atoms with Crippen molar-refractivity contribution < 1.29 is 13.2 Å². The van der Waals surface area contributed by atoms with E-state index in [1.165, 1.54) is 17.5 Å². The third kappa shape index (κ3) is 2.96. The second kappa shape index (κ2) is 6.19. The molecule has 1 atom stereocenters. The highest BCUT2D eigenvalue weighted by Gasteiger charge is 2.31. The number of nitrogens with zero attached hydrogens (tertiary/aromatic N) is 1. The maximum absolute atomic E-state index is 12.7. The summed E-state index contributed by atoms with van der Waals surface area (Å²) in [5, 5.41) is 3.43. The Balaban J connectivity index is 2.41. The van der Waals surface area contributed by atoms with Crippen LogP contribution in [0.15, 0.2) is 21.5 Å². The molecule has 1 N–H and O–H groups in total. The Bertz CT molecular complexity index is 603. The first-order valence-corrected chi connectivity index (χ1v) is 8.71. The molecule has 0 radical (unpaired) electrons. The highest BCUT2D eigenvalue weighted by molar-refractivity contribution is 9.10. The molecule has 8 heteroatoms. The van der Waals surface area contributed by atoms with E-state index < -0.39 is 10.0 Å². The van der Waals surface area contributed by atoms with Crippen LogP contribution in [0.3, 0.4) is 0 Å². The molecule has 1 unspecified atom stereocenters. The lowest BCUT2D eigenvalue weighted by Gasteiger charge is -2.24. The van der Waals surface area contributed by atoms with Crippen LogP contribution < -0.4 is 10.1 Å². The average Bonchev–Trinajstić information content (AvgIpc) is 2.93. The van der Waals surface area contributed by atoms with Crippen molar-refractivity contribution in [2.24, 2.45) is 0 Å². The first-order valence-electron chi connectivity index (χ1n) is 6.09. The van der Waals surface area contributed by atoms with Gasteiger partial charge in [0, 0.05) is 24.1 Å². The second-order valence-corrected chi connectivity index (χ2v) is 7.81. The first-order chi connectivity index (χ1) is 9.37. The van der Waals surface area contributed by atoms with Gasteiger partial charge in [-0.1, -0.05) is 11.6 Å².